The molecule has 6 heterocycles. The van der Waals surface area contributed by atoms with Crippen LogP contribution in [0.5, 0.6) is 0 Å². The molecule has 0 saturated heterocycles. The Hall–Kier alpha value is -4.44. The van der Waals surface area contributed by atoms with Crippen LogP contribution in [0.4, 0.5) is 10.1 Å². The maximum Gasteiger partial charge on any atom is 0.178 e. The Kier molecular flexibility index (Phi) is 5.30. The summed E-state index contributed by atoms with van der Waals surface area (Å²) in [5.41, 5.74) is 6.43. The molecule has 0 aromatic carbocycles. The van der Waals surface area contributed by atoms with Gasteiger partial charge in [-0.15, -0.1) is 0 Å². The van der Waals surface area contributed by atoms with Gasteiger partial charge in [0, 0.05) is 29.2 Å². The van der Waals surface area contributed by atoms with E-state index in [0.717, 1.165) is 22.3 Å². The van der Waals surface area contributed by atoms with Crippen LogP contribution in [-0.2, 0) is 0 Å². The summed E-state index contributed by atoms with van der Waals surface area (Å²) < 4.78 is 16.0. The third-order valence-electron chi connectivity index (χ3n) is 6.01. The number of rotatable bonds is 6. The van der Waals surface area contributed by atoms with E-state index in [-0.39, 0.29) is 11.6 Å². The van der Waals surface area contributed by atoms with E-state index < -0.39 is 5.82 Å². The smallest absolute Gasteiger partial charge is 0.178 e. The Morgan fingerprint density at radius 1 is 1.11 bits per heavy atom. The summed E-state index contributed by atoms with van der Waals surface area (Å²) in [6.45, 7) is 8.11. The van der Waals surface area contributed by atoms with E-state index >= 15 is 4.39 Å². The normalized spacial score (nSPS) is 11.6. The van der Waals surface area contributed by atoms with E-state index in [9.17, 15) is 0 Å². The molecular weight excluding hydrogens is 475 g/mol. The topological polar surface area (TPSA) is 108 Å². The van der Waals surface area contributed by atoms with Crippen LogP contribution >= 0.6 is 11.3 Å². The van der Waals surface area contributed by atoms with Crippen molar-refractivity contribution in [2.24, 2.45) is 5.92 Å². The molecule has 6 aromatic rings. The summed E-state index contributed by atoms with van der Waals surface area (Å²) in [7, 11) is 0. The van der Waals surface area contributed by atoms with Crippen LogP contribution in [-0.4, -0.2) is 35.1 Å². The molecule has 178 valence electrons. The summed E-state index contributed by atoms with van der Waals surface area (Å²) in [4.78, 5) is 20.9. The lowest BCUT2D eigenvalue weighted by molar-refractivity contribution is 0.638. The van der Waals surface area contributed by atoms with E-state index in [1.807, 2.05) is 31.4 Å². The Bertz CT molecular complexity index is 1730. The van der Waals surface area contributed by atoms with E-state index in [2.05, 4.69) is 52.4 Å². The average molecular weight is 497 g/mol. The van der Waals surface area contributed by atoms with Crippen molar-refractivity contribution in [1.29, 1.82) is 0 Å². The third-order valence-corrected chi connectivity index (χ3v) is 6.69. The Morgan fingerprint density at radius 3 is 2.81 bits per heavy atom. The highest BCUT2D eigenvalue weighted by Gasteiger charge is 2.21. The molecule has 36 heavy (non-hydrogen) atoms. The van der Waals surface area contributed by atoms with Crippen LogP contribution in [0, 0.1) is 11.7 Å². The minimum atomic E-state index is -0.510. The summed E-state index contributed by atoms with van der Waals surface area (Å²) in [5, 5.41) is 14.8. The van der Waals surface area contributed by atoms with Gasteiger partial charge in [0.1, 0.15) is 11.4 Å². The number of aromatic nitrogens is 7. The van der Waals surface area contributed by atoms with Gasteiger partial charge in [0.15, 0.2) is 17.3 Å². The maximum absolute atomic E-state index is 16.0. The maximum atomic E-state index is 16.0. The molecule has 6 rings (SSSR count). The number of pyridine rings is 3. The standard InChI is InChI=1S/C26H21FN8S/c1-13(2)14(3)31-17-8-16(9-28-10-17)22-21(27)20-19(11-30-22)34-35-24(20)26-32-23-18(15-5-7-36-12-15)4-6-29-25(23)33-26/h4-13,31H,3H2,1-2H3,(H,34,35)(H,29,32,33). The largest absolute Gasteiger partial charge is 0.358 e. The molecule has 6 aromatic heterocycles. The molecule has 0 unspecified atom stereocenters. The molecule has 8 nitrogen and oxygen atoms in total. The number of allylic oxidation sites excluding steroid dienone is 1. The molecule has 0 radical (unpaired) electrons. The van der Waals surface area contributed by atoms with Crippen molar-refractivity contribution in [2.75, 3.05) is 5.32 Å². The van der Waals surface area contributed by atoms with Crippen LogP contribution in [0.2, 0.25) is 0 Å². The average Bonchev–Trinajstić information content (AvgIpc) is 3.63. The molecule has 0 atom stereocenters. The minimum absolute atomic E-state index is 0.171. The predicted octanol–water partition coefficient (Wildman–Crippen LogP) is 6.41. The van der Waals surface area contributed by atoms with E-state index in [1.165, 1.54) is 0 Å². The number of H-pyrrole nitrogens is 2. The first-order chi connectivity index (χ1) is 17.5. The summed E-state index contributed by atoms with van der Waals surface area (Å²) in [6.07, 6.45) is 6.53. The van der Waals surface area contributed by atoms with Gasteiger partial charge in [-0.1, -0.05) is 20.4 Å². The van der Waals surface area contributed by atoms with Gasteiger partial charge in [0.25, 0.3) is 0 Å². The number of hydrogen-bond donors (Lipinski definition) is 3. The molecular formula is C26H21FN8S. The zero-order valence-electron chi connectivity index (χ0n) is 19.5. The van der Waals surface area contributed by atoms with Gasteiger partial charge in [0.05, 0.1) is 34.5 Å². The van der Waals surface area contributed by atoms with Crippen LogP contribution < -0.4 is 5.32 Å². The van der Waals surface area contributed by atoms with Crippen molar-refractivity contribution in [3.05, 3.63) is 71.8 Å². The minimum Gasteiger partial charge on any atom is -0.358 e. The summed E-state index contributed by atoms with van der Waals surface area (Å²) >= 11 is 1.61. The van der Waals surface area contributed by atoms with E-state index in [4.69, 9.17) is 0 Å². The summed E-state index contributed by atoms with van der Waals surface area (Å²) in [5.74, 6) is 0.153. The van der Waals surface area contributed by atoms with E-state index in [0.29, 0.717) is 39.3 Å². The fourth-order valence-corrected chi connectivity index (χ4v) is 4.65. The molecule has 0 spiro atoms. The number of anilines is 1. The first kappa shape index (κ1) is 22.1. The van der Waals surface area contributed by atoms with Gasteiger partial charge in [-0.05, 0) is 40.4 Å². The molecule has 0 amide bonds. The van der Waals surface area contributed by atoms with Crippen molar-refractivity contribution in [3.8, 4) is 33.9 Å². The zero-order valence-corrected chi connectivity index (χ0v) is 20.3. The second-order valence-electron chi connectivity index (χ2n) is 8.70. The molecule has 0 bridgehead atoms. The SMILES string of the molecule is C=C(Nc1cncc(-c2ncc3[nH]nc(-c4nc5nccc(-c6ccsc6)c5[nH]4)c3c2F)c1)C(C)C. The second kappa shape index (κ2) is 8.65. The Morgan fingerprint density at radius 2 is 2.00 bits per heavy atom. The first-order valence-electron chi connectivity index (χ1n) is 11.3. The highest BCUT2D eigenvalue weighted by atomic mass is 32.1. The predicted molar refractivity (Wildman–Crippen MR) is 141 cm³/mol. The van der Waals surface area contributed by atoms with Gasteiger partial charge in [-0.25, -0.2) is 14.4 Å². The Labute approximate surface area is 209 Å². The van der Waals surface area contributed by atoms with Crippen molar-refractivity contribution in [3.63, 3.8) is 0 Å². The van der Waals surface area contributed by atoms with Gasteiger partial charge in [-0.2, -0.15) is 16.4 Å². The van der Waals surface area contributed by atoms with Gasteiger partial charge in [-0.3, -0.25) is 15.1 Å². The van der Waals surface area contributed by atoms with E-state index in [1.54, 1.807) is 42.2 Å². The molecule has 0 fully saturated rings. The second-order valence-corrected chi connectivity index (χ2v) is 9.48. The molecule has 0 aliphatic heterocycles. The van der Waals surface area contributed by atoms with Crippen molar-refractivity contribution >= 4 is 39.1 Å². The highest BCUT2D eigenvalue weighted by molar-refractivity contribution is 7.08. The van der Waals surface area contributed by atoms with Crippen LogP contribution in [0.25, 0.3) is 56.0 Å². The highest BCUT2D eigenvalue weighted by Crippen LogP contribution is 2.34. The number of nitrogens with one attached hydrogen (secondary N) is 3. The number of hydrogen-bond acceptors (Lipinski definition) is 7. The lowest BCUT2D eigenvalue weighted by atomic mass is 10.1. The molecule has 0 saturated carbocycles. The fourth-order valence-electron chi connectivity index (χ4n) is 4.00. The first-order valence-corrected chi connectivity index (χ1v) is 12.3. The molecule has 10 heteroatoms. The number of thiophene rings is 1. The van der Waals surface area contributed by atoms with Crippen LogP contribution in [0.15, 0.2) is 66.0 Å². The number of halogens is 1. The number of fused-ring (bicyclic) bond motifs is 2. The number of nitrogens with zero attached hydrogens (tertiary/aromatic N) is 5. The monoisotopic (exact) mass is 496 g/mol. The molecule has 0 aliphatic carbocycles. The molecule has 3 N–H and O–H groups in total. The third kappa shape index (κ3) is 3.72. The Balaban J connectivity index is 1.46. The quantitative estimate of drug-likeness (QED) is 0.246. The number of aromatic amines is 2. The zero-order chi connectivity index (χ0) is 24.8. The fraction of sp³-hybridized carbons (Fsp3) is 0.115. The molecule has 0 aliphatic rings. The van der Waals surface area contributed by atoms with Crippen LogP contribution in [0.1, 0.15) is 13.8 Å². The van der Waals surface area contributed by atoms with Crippen LogP contribution in [0.3, 0.4) is 0 Å². The summed E-state index contributed by atoms with van der Waals surface area (Å²) in [6, 6.07) is 5.77. The van der Waals surface area contributed by atoms with Gasteiger partial charge >= 0.3 is 0 Å². The van der Waals surface area contributed by atoms with Crippen molar-refractivity contribution < 1.29 is 4.39 Å². The lowest BCUT2D eigenvalue weighted by Crippen LogP contribution is -2.05. The van der Waals surface area contributed by atoms with Gasteiger partial charge in [0.2, 0.25) is 0 Å². The van der Waals surface area contributed by atoms with Crippen molar-refractivity contribution in [2.45, 2.75) is 13.8 Å². The lowest BCUT2D eigenvalue weighted by Gasteiger charge is -2.13. The number of imidazole rings is 1. The van der Waals surface area contributed by atoms with Crippen molar-refractivity contribution in [1.82, 2.24) is 35.1 Å². The van der Waals surface area contributed by atoms with Gasteiger partial charge < -0.3 is 10.3 Å².